The molecular weight excluding hydrogens is 404 g/mol. The Morgan fingerprint density at radius 1 is 1.06 bits per heavy atom. The van der Waals surface area contributed by atoms with Crippen LogP contribution in [-0.4, -0.2) is 53.1 Å². The summed E-state index contributed by atoms with van der Waals surface area (Å²) in [6, 6.07) is 10.3. The van der Waals surface area contributed by atoms with E-state index >= 15 is 0 Å². The second kappa shape index (κ2) is 10.7. The zero-order valence-corrected chi connectivity index (χ0v) is 19.7. The number of nitrogens with two attached hydrogens (primary N) is 1. The SMILES string of the molecule is CCc1cc(-c2nnc(-c3cc(C)cc(CN(C)CC)c3)o2)cc(C)c1OC[C@@H](O)CN. The summed E-state index contributed by atoms with van der Waals surface area (Å²) < 4.78 is 11.9. The van der Waals surface area contributed by atoms with Crippen molar-refractivity contribution in [1.29, 1.82) is 0 Å². The molecule has 0 aliphatic rings. The zero-order valence-electron chi connectivity index (χ0n) is 19.7. The molecule has 0 aliphatic carbocycles. The first-order valence-corrected chi connectivity index (χ1v) is 11.1. The van der Waals surface area contributed by atoms with Gasteiger partial charge in [-0.3, -0.25) is 0 Å². The lowest BCUT2D eigenvalue weighted by atomic mass is 10.0. The number of hydrogen-bond acceptors (Lipinski definition) is 7. The van der Waals surface area contributed by atoms with Crippen molar-refractivity contribution in [3.05, 3.63) is 52.6 Å². The quantitative estimate of drug-likeness (QED) is 0.498. The summed E-state index contributed by atoms with van der Waals surface area (Å²) in [5.41, 5.74) is 11.6. The minimum absolute atomic E-state index is 0.164. The van der Waals surface area contributed by atoms with Crippen molar-refractivity contribution < 1.29 is 14.3 Å². The van der Waals surface area contributed by atoms with Gasteiger partial charge in [-0.2, -0.15) is 0 Å². The molecule has 1 atom stereocenters. The Balaban J connectivity index is 1.89. The van der Waals surface area contributed by atoms with Gasteiger partial charge in [-0.1, -0.05) is 25.5 Å². The fourth-order valence-corrected chi connectivity index (χ4v) is 3.64. The van der Waals surface area contributed by atoms with Crippen molar-refractivity contribution >= 4 is 0 Å². The van der Waals surface area contributed by atoms with E-state index in [-0.39, 0.29) is 13.2 Å². The number of nitrogens with zero attached hydrogens (tertiary/aromatic N) is 3. The molecule has 3 rings (SSSR count). The number of ether oxygens (including phenoxy) is 1. The molecule has 0 unspecified atom stereocenters. The average Bonchev–Trinajstić information content (AvgIpc) is 3.27. The van der Waals surface area contributed by atoms with Crippen LogP contribution in [0, 0.1) is 13.8 Å². The lowest BCUT2D eigenvalue weighted by molar-refractivity contribution is 0.113. The number of aryl methyl sites for hydroxylation is 3. The Kier molecular flexibility index (Phi) is 8.01. The minimum atomic E-state index is -0.686. The first-order valence-electron chi connectivity index (χ1n) is 11.1. The maximum absolute atomic E-state index is 9.73. The molecule has 0 fully saturated rings. The summed E-state index contributed by atoms with van der Waals surface area (Å²) >= 11 is 0. The molecule has 7 nitrogen and oxygen atoms in total. The van der Waals surface area contributed by atoms with Gasteiger partial charge < -0.3 is 24.9 Å². The standard InChI is InChI=1S/C25H34N4O3/c1-6-19-12-21(10-17(4)23(19)31-15-22(30)13-26)25-28-27-24(32-25)20-9-16(3)8-18(11-20)14-29(5)7-2/h8-12,22,30H,6-7,13-15,26H2,1-5H3/t22-/m0/s1. The monoisotopic (exact) mass is 438 g/mol. The fourth-order valence-electron chi connectivity index (χ4n) is 3.64. The second-order valence-electron chi connectivity index (χ2n) is 8.29. The Hall–Kier alpha value is -2.74. The van der Waals surface area contributed by atoms with E-state index in [9.17, 15) is 5.11 Å². The molecular formula is C25H34N4O3. The summed E-state index contributed by atoms with van der Waals surface area (Å²) in [4.78, 5) is 2.25. The third kappa shape index (κ3) is 5.73. The third-order valence-corrected chi connectivity index (χ3v) is 5.47. The first kappa shape index (κ1) is 23.9. The summed E-state index contributed by atoms with van der Waals surface area (Å²) in [7, 11) is 2.10. The van der Waals surface area contributed by atoms with Gasteiger partial charge in [0.2, 0.25) is 11.8 Å². The van der Waals surface area contributed by atoms with E-state index in [0.29, 0.717) is 11.8 Å². The Morgan fingerprint density at radius 2 is 1.75 bits per heavy atom. The van der Waals surface area contributed by atoms with Crippen LogP contribution < -0.4 is 10.5 Å². The van der Waals surface area contributed by atoms with Crippen LogP contribution in [0.15, 0.2) is 34.7 Å². The van der Waals surface area contributed by atoms with Gasteiger partial charge >= 0.3 is 0 Å². The third-order valence-electron chi connectivity index (χ3n) is 5.47. The number of benzene rings is 2. The van der Waals surface area contributed by atoms with Crippen LogP contribution in [0.1, 0.15) is 36.1 Å². The van der Waals surface area contributed by atoms with Crippen molar-refractivity contribution in [2.75, 3.05) is 26.7 Å². The van der Waals surface area contributed by atoms with Gasteiger partial charge in [0.15, 0.2) is 0 Å². The number of hydrogen-bond donors (Lipinski definition) is 2. The van der Waals surface area contributed by atoms with Gasteiger partial charge in [-0.15, -0.1) is 10.2 Å². The smallest absolute Gasteiger partial charge is 0.248 e. The molecule has 3 aromatic rings. The predicted molar refractivity (Wildman–Crippen MR) is 127 cm³/mol. The molecule has 0 spiro atoms. The minimum Gasteiger partial charge on any atom is -0.490 e. The molecule has 172 valence electrons. The molecule has 0 saturated carbocycles. The van der Waals surface area contributed by atoms with Gasteiger partial charge in [0.05, 0.1) is 0 Å². The van der Waals surface area contributed by atoms with Gasteiger partial charge in [0.1, 0.15) is 18.5 Å². The highest BCUT2D eigenvalue weighted by Crippen LogP contribution is 2.32. The van der Waals surface area contributed by atoms with E-state index in [1.54, 1.807) is 0 Å². The summed E-state index contributed by atoms with van der Waals surface area (Å²) in [6.07, 6.45) is 0.0873. The molecule has 3 N–H and O–H groups in total. The number of aliphatic hydroxyl groups excluding tert-OH is 1. The van der Waals surface area contributed by atoms with Crippen molar-refractivity contribution in [1.82, 2.24) is 15.1 Å². The molecule has 2 aromatic carbocycles. The Labute approximate surface area is 190 Å². The van der Waals surface area contributed by atoms with E-state index in [1.807, 2.05) is 19.1 Å². The van der Waals surface area contributed by atoms with Crippen LogP contribution in [0.5, 0.6) is 5.75 Å². The van der Waals surface area contributed by atoms with E-state index in [0.717, 1.165) is 53.1 Å². The molecule has 0 radical (unpaired) electrons. The maximum atomic E-state index is 9.73. The molecule has 1 heterocycles. The van der Waals surface area contributed by atoms with E-state index in [1.165, 1.54) is 5.56 Å². The van der Waals surface area contributed by atoms with Gasteiger partial charge in [0, 0.05) is 24.2 Å². The number of aromatic nitrogens is 2. The largest absolute Gasteiger partial charge is 0.490 e. The van der Waals surface area contributed by atoms with Crippen LogP contribution in [-0.2, 0) is 13.0 Å². The number of aliphatic hydroxyl groups is 1. The molecule has 32 heavy (non-hydrogen) atoms. The van der Waals surface area contributed by atoms with Gasteiger partial charge in [-0.25, -0.2) is 0 Å². The van der Waals surface area contributed by atoms with Crippen LogP contribution >= 0.6 is 0 Å². The maximum Gasteiger partial charge on any atom is 0.248 e. The van der Waals surface area contributed by atoms with Crippen LogP contribution in [0.2, 0.25) is 0 Å². The second-order valence-corrected chi connectivity index (χ2v) is 8.29. The summed E-state index contributed by atoms with van der Waals surface area (Å²) in [5.74, 6) is 1.75. The van der Waals surface area contributed by atoms with Crippen LogP contribution in [0.4, 0.5) is 0 Å². The van der Waals surface area contributed by atoms with E-state index in [2.05, 4.69) is 61.1 Å². The van der Waals surface area contributed by atoms with E-state index < -0.39 is 6.10 Å². The molecule has 0 saturated heterocycles. The van der Waals surface area contributed by atoms with Crippen molar-refractivity contribution in [3.63, 3.8) is 0 Å². The Morgan fingerprint density at radius 3 is 2.38 bits per heavy atom. The molecule has 0 bridgehead atoms. The molecule has 0 aliphatic heterocycles. The molecule has 7 heteroatoms. The highest BCUT2D eigenvalue weighted by atomic mass is 16.5. The lowest BCUT2D eigenvalue weighted by Gasteiger charge is -2.16. The molecule has 0 amide bonds. The van der Waals surface area contributed by atoms with Crippen molar-refractivity contribution in [2.45, 2.75) is 46.8 Å². The van der Waals surface area contributed by atoms with Crippen molar-refractivity contribution in [3.8, 4) is 28.7 Å². The summed E-state index contributed by atoms with van der Waals surface area (Å²) in [5, 5.41) is 18.4. The zero-order chi connectivity index (χ0) is 23.3. The highest BCUT2D eigenvalue weighted by Gasteiger charge is 2.16. The first-order chi connectivity index (χ1) is 15.3. The fraction of sp³-hybridized carbons (Fsp3) is 0.440. The molecule has 1 aromatic heterocycles. The highest BCUT2D eigenvalue weighted by molar-refractivity contribution is 5.63. The van der Waals surface area contributed by atoms with Crippen molar-refractivity contribution in [2.24, 2.45) is 5.73 Å². The lowest BCUT2D eigenvalue weighted by Crippen LogP contribution is -2.27. The topological polar surface area (TPSA) is 97.6 Å². The van der Waals surface area contributed by atoms with E-state index in [4.69, 9.17) is 14.9 Å². The average molecular weight is 439 g/mol. The van der Waals surface area contributed by atoms with Crippen LogP contribution in [0.3, 0.4) is 0 Å². The normalized spacial score (nSPS) is 12.4. The Bertz CT molecular complexity index is 1050. The van der Waals surface area contributed by atoms with Crippen LogP contribution in [0.25, 0.3) is 22.9 Å². The van der Waals surface area contributed by atoms with Gasteiger partial charge in [0.25, 0.3) is 0 Å². The van der Waals surface area contributed by atoms with Gasteiger partial charge in [-0.05, 0) is 74.8 Å². The number of rotatable bonds is 10. The summed E-state index contributed by atoms with van der Waals surface area (Å²) in [6.45, 7) is 10.4. The predicted octanol–water partition coefficient (Wildman–Crippen LogP) is 3.73.